The van der Waals surface area contributed by atoms with Gasteiger partial charge in [-0.3, -0.25) is 25.0 Å². The topological polar surface area (TPSA) is 113 Å². The molecule has 0 aliphatic carbocycles. The number of carbonyl (C=O) groups excluding carboxylic acids is 2. The third-order valence-electron chi connectivity index (χ3n) is 3.91. The van der Waals surface area contributed by atoms with Crippen LogP contribution in [0.2, 0.25) is 0 Å². The van der Waals surface area contributed by atoms with Gasteiger partial charge in [-0.1, -0.05) is 31.5 Å². The van der Waals surface area contributed by atoms with Crippen molar-refractivity contribution in [1.29, 1.82) is 0 Å². The van der Waals surface area contributed by atoms with Gasteiger partial charge < -0.3 is 10.6 Å². The van der Waals surface area contributed by atoms with Crippen molar-refractivity contribution in [3.05, 3.63) is 70.3 Å². The minimum absolute atomic E-state index is 0.0589. The van der Waals surface area contributed by atoms with Gasteiger partial charge in [-0.2, -0.15) is 0 Å². The zero-order valence-corrected chi connectivity index (χ0v) is 17.2. The number of hydrogen-bond acceptors (Lipinski definition) is 5. The van der Waals surface area contributed by atoms with Crippen LogP contribution in [0.5, 0.6) is 0 Å². The summed E-state index contributed by atoms with van der Waals surface area (Å²) in [4.78, 5) is 34.2. The summed E-state index contributed by atoms with van der Waals surface area (Å²) in [5.41, 5.74) is 1.69. The SMILES string of the molecule is CCCCC(=O)Nc1cccc(NC(=S)NC(=O)C=Cc2cccc([N+](=O)[O-])c2)c1. The molecule has 2 aromatic rings. The molecule has 0 aliphatic rings. The predicted octanol–water partition coefficient (Wildman–Crippen LogP) is 4.25. The van der Waals surface area contributed by atoms with Gasteiger partial charge in [0.25, 0.3) is 5.69 Å². The van der Waals surface area contributed by atoms with E-state index in [-0.39, 0.29) is 16.7 Å². The second kappa shape index (κ2) is 11.4. The van der Waals surface area contributed by atoms with Gasteiger partial charge in [0.05, 0.1) is 4.92 Å². The van der Waals surface area contributed by atoms with Crippen molar-refractivity contribution < 1.29 is 14.5 Å². The Morgan fingerprint density at radius 2 is 1.80 bits per heavy atom. The van der Waals surface area contributed by atoms with Crippen LogP contribution in [-0.2, 0) is 9.59 Å². The van der Waals surface area contributed by atoms with E-state index < -0.39 is 10.8 Å². The molecule has 0 heterocycles. The highest BCUT2D eigenvalue weighted by atomic mass is 32.1. The lowest BCUT2D eigenvalue weighted by molar-refractivity contribution is -0.384. The first-order valence-electron chi connectivity index (χ1n) is 9.32. The number of nitrogens with zero attached hydrogens (tertiary/aromatic N) is 1. The van der Waals surface area contributed by atoms with Crippen molar-refractivity contribution in [2.75, 3.05) is 10.6 Å². The number of anilines is 2. The smallest absolute Gasteiger partial charge is 0.270 e. The van der Waals surface area contributed by atoms with Crippen molar-refractivity contribution in [2.45, 2.75) is 26.2 Å². The number of rotatable bonds is 8. The Balaban J connectivity index is 1.90. The molecule has 0 atom stereocenters. The van der Waals surface area contributed by atoms with Crippen LogP contribution in [0.1, 0.15) is 31.7 Å². The maximum absolute atomic E-state index is 12.0. The van der Waals surface area contributed by atoms with Crippen LogP contribution in [0.3, 0.4) is 0 Å². The number of unbranched alkanes of at least 4 members (excludes halogenated alkanes) is 1. The first-order chi connectivity index (χ1) is 14.4. The van der Waals surface area contributed by atoms with Gasteiger partial charge in [-0.05, 0) is 48.5 Å². The summed E-state index contributed by atoms with van der Waals surface area (Å²) >= 11 is 5.13. The van der Waals surface area contributed by atoms with Gasteiger partial charge in [0.2, 0.25) is 11.8 Å². The average Bonchev–Trinajstić information content (AvgIpc) is 2.71. The van der Waals surface area contributed by atoms with Crippen LogP contribution in [0.15, 0.2) is 54.6 Å². The average molecular weight is 426 g/mol. The molecule has 0 saturated heterocycles. The molecule has 0 aromatic heterocycles. The van der Waals surface area contributed by atoms with Crippen molar-refractivity contribution in [3.63, 3.8) is 0 Å². The highest BCUT2D eigenvalue weighted by Crippen LogP contribution is 2.16. The molecule has 2 amide bonds. The first-order valence-corrected chi connectivity index (χ1v) is 9.72. The Kier molecular flexibility index (Phi) is 8.64. The van der Waals surface area contributed by atoms with Crippen LogP contribution in [0.4, 0.5) is 17.1 Å². The number of hydrogen-bond donors (Lipinski definition) is 3. The van der Waals surface area contributed by atoms with E-state index in [4.69, 9.17) is 12.2 Å². The number of carbonyl (C=O) groups is 2. The highest BCUT2D eigenvalue weighted by molar-refractivity contribution is 7.80. The second-order valence-corrected chi connectivity index (χ2v) is 6.77. The van der Waals surface area contributed by atoms with Gasteiger partial charge in [0, 0.05) is 36.0 Å². The van der Waals surface area contributed by atoms with Crippen molar-refractivity contribution >= 4 is 52.3 Å². The van der Waals surface area contributed by atoms with Gasteiger partial charge in [-0.25, -0.2) is 0 Å². The van der Waals surface area contributed by atoms with E-state index in [1.54, 1.807) is 30.3 Å². The van der Waals surface area contributed by atoms with Crippen LogP contribution in [0.25, 0.3) is 6.08 Å². The number of nitro benzene ring substituents is 1. The summed E-state index contributed by atoms with van der Waals surface area (Å²) in [6.07, 6.45) is 4.91. The van der Waals surface area contributed by atoms with Gasteiger partial charge in [0.15, 0.2) is 5.11 Å². The molecule has 8 nitrogen and oxygen atoms in total. The molecule has 0 aliphatic heterocycles. The summed E-state index contributed by atoms with van der Waals surface area (Å²) in [5.74, 6) is -0.542. The molecule has 0 radical (unpaired) electrons. The van der Waals surface area contributed by atoms with Crippen molar-refractivity contribution in [1.82, 2.24) is 5.32 Å². The number of nitro groups is 1. The fourth-order valence-corrected chi connectivity index (χ4v) is 2.68. The molecule has 0 saturated carbocycles. The fraction of sp³-hybridized carbons (Fsp3) is 0.190. The third-order valence-corrected chi connectivity index (χ3v) is 4.11. The number of benzene rings is 2. The van der Waals surface area contributed by atoms with E-state index in [1.165, 1.54) is 30.4 Å². The molecule has 0 unspecified atom stereocenters. The minimum Gasteiger partial charge on any atom is -0.332 e. The van der Waals surface area contributed by atoms with E-state index in [9.17, 15) is 19.7 Å². The van der Waals surface area contributed by atoms with Crippen molar-refractivity contribution in [3.8, 4) is 0 Å². The molecule has 9 heteroatoms. The normalized spacial score (nSPS) is 10.4. The largest absolute Gasteiger partial charge is 0.332 e. The standard InChI is InChI=1S/C21H22N4O4S/c1-2-3-10-19(26)22-16-7-5-8-17(14-16)23-21(30)24-20(27)12-11-15-6-4-9-18(13-15)25(28)29/h4-9,11-14H,2-3,10H2,1H3,(H,22,26)(H2,23,24,27,30). The lowest BCUT2D eigenvalue weighted by Crippen LogP contribution is -2.32. The maximum atomic E-state index is 12.0. The number of non-ortho nitro benzene ring substituents is 1. The molecule has 0 fully saturated rings. The number of thiocarbonyl (C=S) groups is 1. The Hall–Kier alpha value is -3.59. The van der Waals surface area contributed by atoms with Crippen LogP contribution < -0.4 is 16.0 Å². The first kappa shape index (κ1) is 22.7. The summed E-state index contributed by atoms with van der Waals surface area (Å²) in [5, 5.41) is 19.1. The van der Waals surface area contributed by atoms with E-state index in [0.29, 0.717) is 23.4 Å². The van der Waals surface area contributed by atoms with Crippen LogP contribution >= 0.6 is 12.2 Å². The maximum Gasteiger partial charge on any atom is 0.270 e. The molecule has 0 bridgehead atoms. The summed E-state index contributed by atoms with van der Waals surface area (Å²) in [6.45, 7) is 2.02. The lowest BCUT2D eigenvalue weighted by Gasteiger charge is -2.10. The van der Waals surface area contributed by atoms with E-state index >= 15 is 0 Å². The highest BCUT2D eigenvalue weighted by Gasteiger charge is 2.06. The summed E-state index contributed by atoms with van der Waals surface area (Å²) in [7, 11) is 0. The Labute approximate surface area is 179 Å². The van der Waals surface area contributed by atoms with E-state index in [0.717, 1.165) is 12.8 Å². The summed E-state index contributed by atoms with van der Waals surface area (Å²) < 4.78 is 0. The minimum atomic E-state index is -0.503. The van der Waals surface area contributed by atoms with Gasteiger partial charge in [0.1, 0.15) is 0 Å². The third kappa shape index (κ3) is 7.80. The molecule has 30 heavy (non-hydrogen) atoms. The quantitative estimate of drug-likeness (QED) is 0.252. The predicted molar refractivity (Wildman–Crippen MR) is 121 cm³/mol. The van der Waals surface area contributed by atoms with Gasteiger partial charge in [-0.15, -0.1) is 0 Å². The molecular formula is C21H22N4O4S. The molecular weight excluding hydrogens is 404 g/mol. The Morgan fingerprint density at radius 1 is 1.10 bits per heavy atom. The zero-order valence-electron chi connectivity index (χ0n) is 16.4. The van der Waals surface area contributed by atoms with Crippen LogP contribution in [-0.4, -0.2) is 21.9 Å². The zero-order chi connectivity index (χ0) is 21.9. The Morgan fingerprint density at radius 3 is 2.50 bits per heavy atom. The van der Waals surface area contributed by atoms with E-state index in [2.05, 4.69) is 16.0 Å². The molecule has 2 rings (SSSR count). The number of amides is 2. The van der Waals surface area contributed by atoms with Gasteiger partial charge >= 0.3 is 0 Å². The molecule has 0 spiro atoms. The Bertz CT molecular complexity index is 975. The fourth-order valence-electron chi connectivity index (χ4n) is 2.47. The molecule has 2 aromatic carbocycles. The van der Waals surface area contributed by atoms with Crippen LogP contribution in [0, 0.1) is 10.1 Å². The molecule has 156 valence electrons. The second-order valence-electron chi connectivity index (χ2n) is 6.36. The number of nitrogens with one attached hydrogen (secondary N) is 3. The lowest BCUT2D eigenvalue weighted by atomic mass is 10.2. The van der Waals surface area contributed by atoms with E-state index in [1.807, 2.05) is 6.92 Å². The summed E-state index contributed by atoms with van der Waals surface area (Å²) in [6, 6.07) is 12.9. The van der Waals surface area contributed by atoms with Crippen molar-refractivity contribution in [2.24, 2.45) is 0 Å². The monoisotopic (exact) mass is 426 g/mol. The molecule has 3 N–H and O–H groups in total.